The second-order valence-corrected chi connectivity index (χ2v) is 6.55. The van der Waals surface area contributed by atoms with E-state index in [2.05, 4.69) is 10.6 Å². The molecule has 5 nitrogen and oxygen atoms in total. The Balaban J connectivity index is 2.39. The lowest BCUT2D eigenvalue weighted by Gasteiger charge is -2.21. The van der Waals surface area contributed by atoms with Crippen molar-refractivity contribution in [3.05, 3.63) is 35.9 Å². The molecule has 2 unspecified atom stereocenters. The van der Waals surface area contributed by atoms with Crippen molar-refractivity contribution < 1.29 is 14.7 Å². The first-order valence-corrected chi connectivity index (χ1v) is 7.50. The van der Waals surface area contributed by atoms with Crippen molar-refractivity contribution in [1.29, 1.82) is 0 Å². The molecule has 0 aliphatic carbocycles. The molecular weight excluding hydrogens is 280 g/mol. The van der Waals surface area contributed by atoms with E-state index in [1.807, 2.05) is 30.3 Å². The molecule has 0 saturated heterocycles. The highest BCUT2D eigenvalue weighted by molar-refractivity contribution is 5.87. The van der Waals surface area contributed by atoms with Crippen molar-refractivity contribution in [2.45, 2.75) is 46.3 Å². The molecule has 1 aromatic rings. The summed E-state index contributed by atoms with van der Waals surface area (Å²) < 4.78 is 0. The number of hydrogen-bond acceptors (Lipinski definition) is 3. The van der Waals surface area contributed by atoms with Gasteiger partial charge in [-0.15, -0.1) is 0 Å². The monoisotopic (exact) mass is 306 g/mol. The summed E-state index contributed by atoms with van der Waals surface area (Å²) in [5.74, 6) is -0.489. The van der Waals surface area contributed by atoms with Crippen molar-refractivity contribution >= 4 is 11.8 Å². The Morgan fingerprint density at radius 3 is 2.32 bits per heavy atom. The first-order valence-electron chi connectivity index (χ1n) is 7.50. The number of rotatable bonds is 6. The lowest BCUT2D eigenvalue weighted by Crippen LogP contribution is -2.47. The van der Waals surface area contributed by atoms with Crippen LogP contribution in [0.5, 0.6) is 0 Å². The third kappa shape index (κ3) is 6.26. The predicted molar refractivity (Wildman–Crippen MR) is 86.2 cm³/mol. The SMILES string of the molecule is CC(NC(=O)CNC(=O)C(C)(C)C)C(O)Cc1ccccc1. The average Bonchev–Trinajstić information content (AvgIpc) is 2.44. The van der Waals surface area contributed by atoms with Crippen molar-refractivity contribution in [2.24, 2.45) is 5.41 Å². The van der Waals surface area contributed by atoms with Gasteiger partial charge in [-0.2, -0.15) is 0 Å². The Morgan fingerprint density at radius 1 is 1.18 bits per heavy atom. The maximum Gasteiger partial charge on any atom is 0.239 e. The molecule has 2 atom stereocenters. The minimum atomic E-state index is -0.676. The van der Waals surface area contributed by atoms with Crippen LogP contribution in [-0.4, -0.2) is 35.6 Å². The molecule has 0 aromatic heterocycles. The third-order valence-corrected chi connectivity index (χ3v) is 3.34. The highest BCUT2D eigenvalue weighted by Crippen LogP contribution is 2.12. The van der Waals surface area contributed by atoms with Gasteiger partial charge in [-0.05, 0) is 12.5 Å². The standard InChI is InChI=1S/C17H26N2O3/c1-12(14(20)10-13-8-6-5-7-9-13)19-15(21)11-18-16(22)17(2,3)4/h5-9,12,14,20H,10-11H2,1-4H3,(H,18,22)(H,19,21). The molecule has 0 aliphatic rings. The third-order valence-electron chi connectivity index (χ3n) is 3.34. The minimum absolute atomic E-state index is 0.0848. The molecule has 3 N–H and O–H groups in total. The molecule has 0 aliphatic heterocycles. The number of benzene rings is 1. The van der Waals surface area contributed by atoms with E-state index in [1.165, 1.54) is 0 Å². The molecule has 0 bridgehead atoms. The maximum atomic E-state index is 11.8. The smallest absolute Gasteiger partial charge is 0.239 e. The highest BCUT2D eigenvalue weighted by atomic mass is 16.3. The summed E-state index contributed by atoms with van der Waals surface area (Å²) in [7, 11) is 0. The quantitative estimate of drug-likeness (QED) is 0.740. The van der Waals surface area contributed by atoms with E-state index >= 15 is 0 Å². The second-order valence-electron chi connectivity index (χ2n) is 6.55. The number of nitrogens with one attached hydrogen (secondary N) is 2. The number of carbonyl (C=O) groups is 2. The number of aliphatic hydroxyl groups excluding tert-OH is 1. The van der Waals surface area contributed by atoms with Gasteiger partial charge in [-0.1, -0.05) is 51.1 Å². The number of aliphatic hydroxyl groups is 1. The van der Waals surface area contributed by atoms with Crippen LogP contribution in [-0.2, 0) is 16.0 Å². The van der Waals surface area contributed by atoms with Crippen molar-refractivity contribution in [1.82, 2.24) is 10.6 Å². The molecule has 0 radical (unpaired) electrons. The van der Waals surface area contributed by atoms with E-state index in [-0.39, 0.29) is 24.4 Å². The first kappa shape index (κ1) is 18.2. The van der Waals surface area contributed by atoms with Gasteiger partial charge >= 0.3 is 0 Å². The molecule has 5 heteroatoms. The Hall–Kier alpha value is -1.88. The average molecular weight is 306 g/mol. The molecule has 22 heavy (non-hydrogen) atoms. The van der Waals surface area contributed by atoms with Gasteiger partial charge in [-0.3, -0.25) is 9.59 Å². The Kier molecular flexibility index (Phi) is 6.56. The summed E-state index contributed by atoms with van der Waals surface area (Å²) in [6.07, 6.45) is -0.207. The van der Waals surface area contributed by atoms with Gasteiger partial charge in [0.25, 0.3) is 0 Å². The lowest BCUT2D eigenvalue weighted by atomic mass is 9.96. The molecule has 0 fully saturated rings. The fourth-order valence-electron chi connectivity index (χ4n) is 1.86. The van der Waals surface area contributed by atoms with Crippen LogP contribution in [0.2, 0.25) is 0 Å². The van der Waals surface area contributed by atoms with Gasteiger partial charge in [0.1, 0.15) is 0 Å². The van der Waals surface area contributed by atoms with Crippen LogP contribution in [0.4, 0.5) is 0 Å². The zero-order valence-corrected chi connectivity index (χ0v) is 13.7. The van der Waals surface area contributed by atoms with E-state index in [1.54, 1.807) is 27.7 Å². The fourth-order valence-corrected chi connectivity index (χ4v) is 1.86. The van der Waals surface area contributed by atoms with Gasteiger partial charge in [0.05, 0.1) is 18.7 Å². The molecule has 1 aromatic carbocycles. The molecule has 0 spiro atoms. The highest BCUT2D eigenvalue weighted by Gasteiger charge is 2.22. The molecule has 1 rings (SSSR count). The van der Waals surface area contributed by atoms with Crippen LogP contribution in [0.25, 0.3) is 0 Å². The van der Waals surface area contributed by atoms with E-state index in [0.29, 0.717) is 6.42 Å². The molecule has 0 saturated carbocycles. The normalized spacial score (nSPS) is 14.0. The summed E-state index contributed by atoms with van der Waals surface area (Å²) in [6.45, 7) is 7.01. The second kappa shape index (κ2) is 7.94. The first-order chi connectivity index (χ1) is 10.2. The Morgan fingerprint density at radius 2 is 1.77 bits per heavy atom. The van der Waals surface area contributed by atoms with Crippen molar-refractivity contribution in [3.8, 4) is 0 Å². The van der Waals surface area contributed by atoms with Gasteiger partial charge < -0.3 is 15.7 Å². The van der Waals surface area contributed by atoms with Crippen LogP contribution < -0.4 is 10.6 Å². The zero-order valence-electron chi connectivity index (χ0n) is 13.7. The molecule has 0 heterocycles. The van der Waals surface area contributed by atoms with Crippen LogP contribution >= 0.6 is 0 Å². The Bertz CT molecular complexity index is 494. The fraction of sp³-hybridized carbons (Fsp3) is 0.529. The van der Waals surface area contributed by atoms with Crippen LogP contribution in [0.15, 0.2) is 30.3 Å². The maximum absolute atomic E-state index is 11.8. The summed E-state index contributed by atoms with van der Waals surface area (Å²) in [4.78, 5) is 23.5. The molecule has 2 amide bonds. The van der Waals surface area contributed by atoms with E-state index in [4.69, 9.17) is 0 Å². The number of carbonyl (C=O) groups excluding carboxylic acids is 2. The molecular formula is C17H26N2O3. The Labute approximate surface area is 132 Å². The summed E-state index contributed by atoms with van der Waals surface area (Å²) in [5, 5.41) is 15.4. The minimum Gasteiger partial charge on any atom is -0.391 e. The number of amides is 2. The van der Waals surface area contributed by atoms with Crippen molar-refractivity contribution in [2.75, 3.05) is 6.54 Å². The lowest BCUT2D eigenvalue weighted by molar-refractivity contribution is -0.131. The number of hydrogen-bond donors (Lipinski definition) is 3. The van der Waals surface area contributed by atoms with Gasteiger partial charge in [-0.25, -0.2) is 0 Å². The van der Waals surface area contributed by atoms with Crippen LogP contribution in [0.1, 0.15) is 33.3 Å². The van der Waals surface area contributed by atoms with Crippen molar-refractivity contribution in [3.63, 3.8) is 0 Å². The predicted octanol–water partition coefficient (Wildman–Crippen LogP) is 1.26. The summed E-state index contributed by atoms with van der Waals surface area (Å²) >= 11 is 0. The summed E-state index contributed by atoms with van der Waals surface area (Å²) in [5.41, 5.74) is 0.482. The molecule has 122 valence electrons. The van der Waals surface area contributed by atoms with Crippen LogP contribution in [0.3, 0.4) is 0 Å². The van der Waals surface area contributed by atoms with Gasteiger partial charge in [0, 0.05) is 11.8 Å². The largest absolute Gasteiger partial charge is 0.391 e. The van der Waals surface area contributed by atoms with E-state index < -0.39 is 11.5 Å². The van der Waals surface area contributed by atoms with E-state index in [9.17, 15) is 14.7 Å². The topological polar surface area (TPSA) is 78.4 Å². The summed E-state index contributed by atoms with van der Waals surface area (Å²) in [6, 6.07) is 9.21. The zero-order chi connectivity index (χ0) is 16.8. The van der Waals surface area contributed by atoms with E-state index in [0.717, 1.165) is 5.56 Å². The van der Waals surface area contributed by atoms with Gasteiger partial charge in [0.2, 0.25) is 11.8 Å². The van der Waals surface area contributed by atoms with Gasteiger partial charge in [0.15, 0.2) is 0 Å². The van der Waals surface area contributed by atoms with Crippen LogP contribution in [0, 0.1) is 5.41 Å².